The second-order valence-corrected chi connectivity index (χ2v) is 6.01. The van der Waals surface area contributed by atoms with E-state index in [1.807, 2.05) is 12.1 Å². The molecule has 1 N–H and O–H groups in total. The Morgan fingerprint density at radius 3 is 2.48 bits per heavy atom. The Kier molecular flexibility index (Phi) is 3.67. The van der Waals surface area contributed by atoms with Crippen LogP contribution in [0.15, 0.2) is 59.2 Å². The average Bonchev–Trinajstić information content (AvgIpc) is 3.10. The topological polar surface area (TPSA) is 39.9 Å². The van der Waals surface area contributed by atoms with Crippen LogP contribution < -0.4 is 4.90 Å². The van der Waals surface area contributed by atoms with E-state index in [1.54, 1.807) is 12.3 Å². The highest BCUT2D eigenvalue weighted by Gasteiger charge is 2.18. The van der Waals surface area contributed by atoms with Crippen molar-refractivity contribution in [2.24, 2.45) is 0 Å². The highest BCUT2D eigenvalue weighted by atomic mass is 16.3. The van der Waals surface area contributed by atoms with E-state index < -0.39 is 0 Å². The number of rotatable bonds is 3. The summed E-state index contributed by atoms with van der Waals surface area (Å²) in [5.74, 6) is 0.211. The van der Waals surface area contributed by atoms with Crippen molar-refractivity contribution < 1.29 is 9.52 Å². The van der Waals surface area contributed by atoms with Gasteiger partial charge in [0.25, 0.3) is 0 Å². The van der Waals surface area contributed by atoms with Gasteiger partial charge < -0.3 is 14.4 Å². The first-order chi connectivity index (χ1) is 11.3. The fourth-order valence-electron chi connectivity index (χ4n) is 3.29. The van der Waals surface area contributed by atoms with E-state index in [4.69, 9.17) is 4.42 Å². The predicted molar refractivity (Wildman–Crippen MR) is 91.8 cm³/mol. The summed E-state index contributed by atoms with van der Waals surface area (Å²) in [6.45, 7) is 5.04. The van der Waals surface area contributed by atoms with Gasteiger partial charge in [0, 0.05) is 43.8 Å². The summed E-state index contributed by atoms with van der Waals surface area (Å²) in [5.41, 5.74) is 3.10. The van der Waals surface area contributed by atoms with Crippen LogP contribution in [0, 0.1) is 0 Å². The Balaban J connectivity index is 1.45. The monoisotopic (exact) mass is 308 g/mol. The van der Waals surface area contributed by atoms with Crippen molar-refractivity contribution in [1.82, 2.24) is 4.90 Å². The number of piperazine rings is 1. The summed E-state index contributed by atoms with van der Waals surface area (Å²) < 4.78 is 5.38. The lowest BCUT2D eigenvalue weighted by molar-refractivity contribution is 0.250. The molecule has 0 saturated carbocycles. The van der Waals surface area contributed by atoms with Gasteiger partial charge in [-0.05, 0) is 29.8 Å². The van der Waals surface area contributed by atoms with E-state index in [0.717, 1.165) is 38.1 Å². The van der Waals surface area contributed by atoms with Crippen molar-refractivity contribution in [2.45, 2.75) is 6.54 Å². The van der Waals surface area contributed by atoms with E-state index in [0.29, 0.717) is 5.58 Å². The summed E-state index contributed by atoms with van der Waals surface area (Å²) in [7, 11) is 0. The van der Waals surface area contributed by atoms with Gasteiger partial charge in [-0.15, -0.1) is 0 Å². The van der Waals surface area contributed by atoms with Gasteiger partial charge in [-0.25, -0.2) is 0 Å². The van der Waals surface area contributed by atoms with Crippen LogP contribution in [0.3, 0.4) is 0 Å². The molecule has 0 amide bonds. The molecule has 4 nitrogen and oxygen atoms in total. The molecule has 1 fully saturated rings. The van der Waals surface area contributed by atoms with Gasteiger partial charge in [-0.1, -0.05) is 24.3 Å². The van der Waals surface area contributed by atoms with Crippen LogP contribution in [0.25, 0.3) is 11.0 Å². The molecule has 4 rings (SSSR count). The molecule has 1 saturated heterocycles. The fourth-order valence-corrected chi connectivity index (χ4v) is 3.29. The number of nitrogens with zero attached hydrogens (tertiary/aromatic N) is 2. The van der Waals surface area contributed by atoms with Crippen LogP contribution in [0.4, 0.5) is 5.69 Å². The average molecular weight is 308 g/mol. The zero-order valence-electron chi connectivity index (χ0n) is 13.0. The van der Waals surface area contributed by atoms with Crippen molar-refractivity contribution in [3.63, 3.8) is 0 Å². The van der Waals surface area contributed by atoms with Crippen molar-refractivity contribution >= 4 is 16.7 Å². The van der Waals surface area contributed by atoms with E-state index in [-0.39, 0.29) is 5.75 Å². The Morgan fingerprint density at radius 2 is 1.70 bits per heavy atom. The quantitative estimate of drug-likeness (QED) is 0.804. The number of furan rings is 1. The molecule has 4 heteroatoms. The maximum atomic E-state index is 9.84. The highest BCUT2D eigenvalue weighted by Crippen LogP contribution is 2.29. The first kappa shape index (κ1) is 14.2. The highest BCUT2D eigenvalue weighted by molar-refractivity contribution is 5.85. The second kappa shape index (κ2) is 5.97. The summed E-state index contributed by atoms with van der Waals surface area (Å²) in [6.07, 6.45) is 1.64. The summed E-state index contributed by atoms with van der Waals surface area (Å²) in [6, 6.07) is 16.2. The van der Waals surface area contributed by atoms with Gasteiger partial charge in [-0.2, -0.15) is 0 Å². The van der Waals surface area contributed by atoms with Crippen molar-refractivity contribution in [3.8, 4) is 5.75 Å². The summed E-state index contributed by atoms with van der Waals surface area (Å²) in [5, 5.41) is 10.8. The van der Waals surface area contributed by atoms with Crippen molar-refractivity contribution in [3.05, 3.63) is 60.4 Å². The largest absolute Gasteiger partial charge is 0.504 e. The van der Waals surface area contributed by atoms with Crippen LogP contribution in [-0.2, 0) is 6.54 Å². The molecule has 23 heavy (non-hydrogen) atoms. The Labute approximate surface area is 135 Å². The molecule has 0 atom stereocenters. The third kappa shape index (κ3) is 2.78. The maximum absolute atomic E-state index is 9.84. The standard InChI is InChI=1S/C19H20N2O2/c22-18-7-6-15(17-8-13-23-19(17)18)14-20-9-11-21(12-10-20)16-4-2-1-3-5-16/h1-8,13,22H,9-12,14H2. The predicted octanol–water partition coefficient (Wildman–Crippen LogP) is 3.46. The van der Waals surface area contributed by atoms with Gasteiger partial charge in [0.2, 0.25) is 0 Å². The van der Waals surface area contributed by atoms with Crippen LogP contribution >= 0.6 is 0 Å². The fraction of sp³-hybridized carbons (Fsp3) is 0.263. The number of aromatic hydroxyl groups is 1. The number of para-hydroxylation sites is 1. The normalized spacial score (nSPS) is 16.1. The Hall–Kier alpha value is -2.46. The molecule has 3 aromatic rings. The number of hydrogen-bond donors (Lipinski definition) is 1. The van der Waals surface area contributed by atoms with Crippen LogP contribution in [0.5, 0.6) is 5.75 Å². The van der Waals surface area contributed by atoms with Crippen molar-refractivity contribution in [2.75, 3.05) is 31.1 Å². The Bertz CT molecular complexity index is 789. The molecule has 0 unspecified atom stereocenters. The minimum atomic E-state index is 0.211. The molecular weight excluding hydrogens is 288 g/mol. The minimum absolute atomic E-state index is 0.211. The number of hydrogen-bond acceptors (Lipinski definition) is 4. The lowest BCUT2D eigenvalue weighted by atomic mass is 10.1. The zero-order chi connectivity index (χ0) is 15.6. The molecule has 0 spiro atoms. The first-order valence-electron chi connectivity index (χ1n) is 8.02. The molecule has 2 aromatic carbocycles. The minimum Gasteiger partial charge on any atom is -0.504 e. The number of benzene rings is 2. The molecule has 118 valence electrons. The molecule has 1 aliphatic heterocycles. The van der Waals surface area contributed by atoms with Gasteiger partial charge >= 0.3 is 0 Å². The number of phenolic OH excluding ortho intramolecular Hbond substituents is 1. The smallest absolute Gasteiger partial charge is 0.175 e. The molecule has 0 bridgehead atoms. The molecule has 2 heterocycles. The lowest BCUT2D eigenvalue weighted by Crippen LogP contribution is -2.45. The van der Waals surface area contributed by atoms with Gasteiger partial charge in [0.1, 0.15) is 0 Å². The van der Waals surface area contributed by atoms with E-state index >= 15 is 0 Å². The van der Waals surface area contributed by atoms with Crippen LogP contribution in [0.2, 0.25) is 0 Å². The van der Waals surface area contributed by atoms with Gasteiger partial charge in [-0.3, -0.25) is 4.90 Å². The van der Waals surface area contributed by atoms with E-state index in [2.05, 4.69) is 40.1 Å². The van der Waals surface area contributed by atoms with Gasteiger partial charge in [0.05, 0.1) is 6.26 Å². The van der Waals surface area contributed by atoms with Crippen LogP contribution in [-0.4, -0.2) is 36.2 Å². The number of anilines is 1. The summed E-state index contributed by atoms with van der Waals surface area (Å²) in [4.78, 5) is 4.89. The van der Waals surface area contributed by atoms with E-state index in [1.165, 1.54) is 11.3 Å². The maximum Gasteiger partial charge on any atom is 0.175 e. The molecule has 1 aliphatic rings. The number of phenols is 1. The molecule has 0 aliphatic carbocycles. The Morgan fingerprint density at radius 1 is 0.913 bits per heavy atom. The second-order valence-electron chi connectivity index (χ2n) is 6.01. The molecular formula is C19H20N2O2. The lowest BCUT2D eigenvalue weighted by Gasteiger charge is -2.36. The van der Waals surface area contributed by atoms with Crippen LogP contribution in [0.1, 0.15) is 5.56 Å². The molecule has 0 radical (unpaired) electrons. The summed E-state index contributed by atoms with van der Waals surface area (Å²) >= 11 is 0. The first-order valence-corrected chi connectivity index (χ1v) is 8.02. The number of fused-ring (bicyclic) bond motifs is 1. The third-order valence-corrected chi connectivity index (χ3v) is 4.57. The van der Waals surface area contributed by atoms with Crippen molar-refractivity contribution in [1.29, 1.82) is 0 Å². The zero-order valence-corrected chi connectivity index (χ0v) is 13.0. The third-order valence-electron chi connectivity index (χ3n) is 4.57. The van der Waals surface area contributed by atoms with Gasteiger partial charge in [0.15, 0.2) is 11.3 Å². The van der Waals surface area contributed by atoms with E-state index in [9.17, 15) is 5.11 Å². The SMILES string of the molecule is Oc1ccc(CN2CCN(c3ccccc3)CC2)c2ccoc12. The molecule has 1 aromatic heterocycles.